The summed E-state index contributed by atoms with van der Waals surface area (Å²) in [6.07, 6.45) is 7.66. The molecule has 130 valence electrons. The van der Waals surface area contributed by atoms with Gasteiger partial charge in [0.1, 0.15) is 0 Å². The highest BCUT2D eigenvalue weighted by Gasteiger charge is 2.33. The number of nitrogens with one attached hydrogen (secondary N) is 1. The van der Waals surface area contributed by atoms with Gasteiger partial charge in [-0.2, -0.15) is 0 Å². The molecule has 1 amide bonds. The van der Waals surface area contributed by atoms with Crippen LogP contribution in [0.3, 0.4) is 0 Å². The number of carbonyl (C=O) groups excluding carboxylic acids is 1. The lowest BCUT2D eigenvalue weighted by Gasteiger charge is -2.27. The minimum atomic E-state index is -0.899. The Bertz CT molecular complexity index is 334. The quantitative estimate of drug-likeness (QED) is 0.561. The largest absolute Gasteiger partial charge is 0.481 e. The highest BCUT2D eigenvalue weighted by Crippen LogP contribution is 2.29. The summed E-state index contributed by atoms with van der Waals surface area (Å²) in [6.45, 7) is 10.6. The molecule has 0 saturated carbocycles. The van der Waals surface area contributed by atoms with Gasteiger partial charge in [-0.15, -0.1) is 0 Å². The fourth-order valence-corrected chi connectivity index (χ4v) is 2.58. The molecule has 0 aromatic heterocycles. The van der Waals surface area contributed by atoms with Crippen LogP contribution in [0.2, 0.25) is 0 Å². The summed E-state index contributed by atoms with van der Waals surface area (Å²) in [5.74, 6) is -2.12. The lowest BCUT2D eigenvalue weighted by molar-refractivity contribution is -0.147. The van der Waals surface area contributed by atoms with Crippen molar-refractivity contribution in [2.24, 2.45) is 17.3 Å². The van der Waals surface area contributed by atoms with Gasteiger partial charge in [0.05, 0.1) is 11.8 Å². The second kappa shape index (κ2) is 10.6. The van der Waals surface area contributed by atoms with E-state index in [9.17, 15) is 14.7 Å². The van der Waals surface area contributed by atoms with E-state index in [0.29, 0.717) is 13.0 Å². The average molecular weight is 313 g/mol. The molecule has 0 rings (SSSR count). The SMILES string of the molecule is CCCCCCCCNC(=O)C(CC(C)(C)C)C(C)C(=O)O. The first-order valence-corrected chi connectivity index (χ1v) is 8.69. The minimum absolute atomic E-state index is 0.0636. The third-order valence-electron chi connectivity index (χ3n) is 3.99. The van der Waals surface area contributed by atoms with Gasteiger partial charge in [-0.05, 0) is 18.3 Å². The molecule has 0 saturated heterocycles. The first-order chi connectivity index (χ1) is 10.2. The summed E-state index contributed by atoms with van der Waals surface area (Å²) in [5, 5.41) is 12.1. The number of aliphatic carboxylic acids is 1. The van der Waals surface area contributed by atoms with Gasteiger partial charge in [0, 0.05) is 6.54 Å². The van der Waals surface area contributed by atoms with Crippen LogP contribution in [0.15, 0.2) is 0 Å². The number of amides is 1. The van der Waals surface area contributed by atoms with Gasteiger partial charge < -0.3 is 10.4 Å². The molecule has 0 aromatic rings. The van der Waals surface area contributed by atoms with Gasteiger partial charge >= 0.3 is 5.97 Å². The molecule has 0 spiro atoms. The Morgan fingerprint density at radius 1 is 1.05 bits per heavy atom. The van der Waals surface area contributed by atoms with Crippen molar-refractivity contribution in [2.45, 2.75) is 79.6 Å². The predicted molar refractivity (Wildman–Crippen MR) is 90.7 cm³/mol. The molecule has 22 heavy (non-hydrogen) atoms. The predicted octanol–water partition coefficient (Wildman–Crippen LogP) is 4.24. The number of unbranched alkanes of at least 4 members (excludes halogenated alkanes) is 5. The Hall–Kier alpha value is -1.06. The fourth-order valence-electron chi connectivity index (χ4n) is 2.58. The van der Waals surface area contributed by atoms with E-state index in [1.54, 1.807) is 6.92 Å². The van der Waals surface area contributed by atoms with E-state index in [2.05, 4.69) is 12.2 Å². The first kappa shape index (κ1) is 20.9. The molecular weight excluding hydrogens is 278 g/mol. The average Bonchev–Trinajstić information content (AvgIpc) is 2.41. The maximum absolute atomic E-state index is 12.3. The Balaban J connectivity index is 4.26. The zero-order chi connectivity index (χ0) is 17.2. The van der Waals surface area contributed by atoms with E-state index in [1.807, 2.05) is 20.8 Å². The summed E-state index contributed by atoms with van der Waals surface area (Å²) in [6, 6.07) is 0. The summed E-state index contributed by atoms with van der Waals surface area (Å²) < 4.78 is 0. The molecule has 0 radical (unpaired) electrons. The number of rotatable bonds is 11. The second-order valence-electron chi connectivity index (χ2n) is 7.56. The van der Waals surface area contributed by atoms with Crippen molar-refractivity contribution in [1.82, 2.24) is 5.32 Å². The van der Waals surface area contributed by atoms with Gasteiger partial charge in [-0.25, -0.2) is 0 Å². The van der Waals surface area contributed by atoms with Crippen molar-refractivity contribution in [3.63, 3.8) is 0 Å². The Labute approximate surface area is 136 Å². The highest BCUT2D eigenvalue weighted by molar-refractivity contribution is 5.84. The monoisotopic (exact) mass is 313 g/mol. The third kappa shape index (κ3) is 9.80. The van der Waals surface area contributed by atoms with Gasteiger partial charge in [0.25, 0.3) is 0 Å². The smallest absolute Gasteiger partial charge is 0.307 e. The molecule has 0 heterocycles. The van der Waals surface area contributed by atoms with Crippen molar-refractivity contribution < 1.29 is 14.7 Å². The molecular formula is C18H35NO3. The summed E-state index contributed by atoms with van der Waals surface area (Å²) in [5.41, 5.74) is -0.0636. The van der Waals surface area contributed by atoms with Crippen LogP contribution in [0.4, 0.5) is 0 Å². The van der Waals surface area contributed by atoms with Crippen molar-refractivity contribution in [1.29, 1.82) is 0 Å². The van der Waals surface area contributed by atoms with E-state index in [-0.39, 0.29) is 11.3 Å². The summed E-state index contributed by atoms with van der Waals surface area (Å²) >= 11 is 0. The molecule has 0 aliphatic carbocycles. The third-order valence-corrected chi connectivity index (χ3v) is 3.99. The molecule has 2 N–H and O–H groups in total. The normalized spacial score (nSPS) is 14.4. The number of hydrogen-bond acceptors (Lipinski definition) is 2. The van der Waals surface area contributed by atoms with E-state index in [0.717, 1.165) is 12.8 Å². The van der Waals surface area contributed by atoms with Crippen LogP contribution in [0, 0.1) is 17.3 Å². The minimum Gasteiger partial charge on any atom is -0.481 e. The second-order valence-corrected chi connectivity index (χ2v) is 7.56. The molecule has 0 aliphatic rings. The van der Waals surface area contributed by atoms with E-state index >= 15 is 0 Å². The Morgan fingerprint density at radius 2 is 1.59 bits per heavy atom. The molecule has 2 unspecified atom stereocenters. The number of carboxylic acids is 1. The van der Waals surface area contributed by atoms with Crippen LogP contribution in [0.5, 0.6) is 0 Å². The molecule has 4 nitrogen and oxygen atoms in total. The van der Waals surface area contributed by atoms with Crippen molar-refractivity contribution in [3.8, 4) is 0 Å². The molecule has 0 bridgehead atoms. The number of carbonyl (C=O) groups is 2. The van der Waals surface area contributed by atoms with Crippen molar-refractivity contribution in [2.75, 3.05) is 6.54 Å². The summed E-state index contributed by atoms with van der Waals surface area (Å²) in [7, 11) is 0. The van der Waals surface area contributed by atoms with Gasteiger partial charge in [-0.3, -0.25) is 9.59 Å². The van der Waals surface area contributed by atoms with Crippen molar-refractivity contribution >= 4 is 11.9 Å². The molecule has 4 heteroatoms. The molecule has 0 aromatic carbocycles. The topological polar surface area (TPSA) is 66.4 Å². The maximum Gasteiger partial charge on any atom is 0.307 e. The Morgan fingerprint density at radius 3 is 2.09 bits per heavy atom. The molecule has 0 aliphatic heterocycles. The lowest BCUT2D eigenvalue weighted by Crippen LogP contribution is -2.39. The Kier molecular flexibility index (Phi) is 10.1. The zero-order valence-corrected chi connectivity index (χ0v) is 15.1. The van der Waals surface area contributed by atoms with Crippen LogP contribution in [-0.2, 0) is 9.59 Å². The van der Waals surface area contributed by atoms with E-state index < -0.39 is 17.8 Å². The van der Waals surface area contributed by atoms with E-state index in [4.69, 9.17) is 0 Å². The van der Waals surface area contributed by atoms with Gasteiger partial charge in [0.2, 0.25) is 5.91 Å². The first-order valence-electron chi connectivity index (χ1n) is 8.69. The van der Waals surface area contributed by atoms with Crippen LogP contribution < -0.4 is 5.32 Å². The van der Waals surface area contributed by atoms with Crippen LogP contribution in [0.1, 0.15) is 79.6 Å². The van der Waals surface area contributed by atoms with Gasteiger partial charge in [0.15, 0.2) is 0 Å². The number of hydrogen-bond donors (Lipinski definition) is 2. The number of carboxylic acid groups (broad SMARTS) is 1. The maximum atomic E-state index is 12.3. The van der Waals surface area contributed by atoms with Crippen LogP contribution >= 0.6 is 0 Å². The fraction of sp³-hybridized carbons (Fsp3) is 0.889. The van der Waals surface area contributed by atoms with Crippen LogP contribution in [-0.4, -0.2) is 23.5 Å². The standard InChI is InChI=1S/C18H35NO3/c1-6-7-8-9-10-11-12-19-16(20)15(13-18(3,4)5)14(2)17(21)22/h14-15H,6-13H2,1-5H3,(H,19,20)(H,21,22). The highest BCUT2D eigenvalue weighted by atomic mass is 16.4. The van der Waals surface area contributed by atoms with Crippen molar-refractivity contribution in [3.05, 3.63) is 0 Å². The lowest BCUT2D eigenvalue weighted by atomic mass is 9.78. The molecule has 0 fully saturated rings. The molecule has 2 atom stereocenters. The van der Waals surface area contributed by atoms with Gasteiger partial charge in [-0.1, -0.05) is 66.7 Å². The van der Waals surface area contributed by atoms with E-state index in [1.165, 1.54) is 25.7 Å². The summed E-state index contributed by atoms with van der Waals surface area (Å²) in [4.78, 5) is 23.6. The van der Waals surface area contributed by atoms with Crippen LogP contribution in [0.25, 0.3) is 0 Å². The zero-order valence-electron chi connectivity index (χ0n) is 15.1.